The number of nitrogens with one attached hydrogen (secondary N) is 1. The highest BCUT2D eigenvalue weighted by atomic mass is 35.5. The zero-order valence-corrected chi connectivity index (χ0v) is 11.2. The molecule has 1 N–H and O–H groups in total. The third kappa shape index (κ3) is 4.01. The average Bonchev–Trinajstić information content (AvgIpc) is 2.81. The molecule has 0 aromatic heterocycles. The summed E-state index contributed by atoms with van der Waals surface area (Å²) in [6, 6.07) is 6.97. The van der Waals surface area contributed by atoms with Gasteiger partial charge in [0.1, 0.15) is 0 Å². The zero-order chi connectivity index (χ0) is 11.9. The lowest BCUT2D eigenvalue weighted by Crippen LogP contribution is -2.14. The van der Waals surface area contributed by atoms with E-state index in [-0.39, 0.29) is 0 Å². The number of hydrogen-bond donors (Lipinski definition) is 1. The Morgan fingerprint density at radius 3 is 2.82 bits per heavy atom. The van der Waals surface area contributed by atoms with Crippen LogP contribution in [0.15, 0.2) is 18.2 Å². The summed E-state index contributed by atoms with van der Waals surface area (Å²) in [7, 11) is 0. The van der Waals surface area contributed by atoms with E-state index in [0.717, 1.165) is 25.4 Å². The summed E-state index contributed by atoms with van der Waals surface area (Å²) in [4.78, 5) is 0. The van der Waals surface area contributed by atoms with Gasteiger partial charge in [0.15, 0.2) is 0 Å². The van der Waals surface area contributed by atoms with Crippen LogP contribution in [0, 0.1) is 0 Å². The molecule has 0 radical (unpaired) electrons. The molecular weight excluding hydrogens is 230 g/mol. The van der Waals surface area contributed by atoms with Gasteiger partial charge in [-0.2, -0.15) is 0 Å². The molecule has 0 atom stereocenters. The first kappa shape index (κ1) is 12.9. The highest BCUT2D eigenvalue weighted by Crippen LogP contribution is 2.22. The molecule has 0 fully saturated rings. The van der Waals surface area contributed by atoms with Crippen LogP contribution >= 0.6 is 11.6 Å². The minimum Gasteiger partial charge on any atom is -0.313 e. The normalized spacial score (nSPS) is 13.9. The second-order valence-corrected chi connectivity index (χ2v) is 5.26. The van der Waals surface area contributed by atoms with Gasteiger partial charge in [0.05, 0.1) is 0 Å². The number of benzene rings is 1. The zero-order valence-electron chi connectivity index (χ0n) is 10.5. The maximum atomic E-state index is 5.64. The van der Waals surface area contributed by atoms with E-state index in [1.165, 1.54) is 37.7 Å². The molecule has 1 aliphatic rings. The molecule has 0 amide bonds. The summed E-state index contributed by atoms with van der Waals surface area (Å²) < 4.78 is 0. The predicted octanol–water partition coefficient (Wildman–Crippen LogP) is 3.67. The second-order valence-electron chi connectivity index (χ2n) is 4.88. The molecule has 0 heterocycles. The Kier molecular flexibility index (Phi) is 5.34. The first-order chi connectivity index (χ1) is 8.40. The van der Waals surface area contributed by atoms with Gasteiger partial charge in [-0.3, -0.25) is 0 Å². The van der Waals surface area contributed by atoms with Crippen LogP contribution in [-0.4, -0.2) is 12.4 Å². The average molecular weight is 252 g/mol. The number of fused-ring (bicyclic) bond motifs is 1. The number of unbranched alkanes of at least 4 members (excludes halogenated alkanes) is 2. The van der Waals surface area contributed by atoms with E-state index < -0.39 is 0 Å². The number of hydrogen-bond acceptors (Lipinski definition) is 1. The van der Waals surface area contributed by atoms with Crippen molar-refractivity contribution in [2.45, 2.75) is 45.1 Å². The Bertz CT molecular complexity index is 349. The van der Waals surface area contributed by atoms with Crippen LogP contribution in [-0.2, 0) is 19.4 Å². The Labute approximate surface area is 110 Å². The minimum atomic E-state index is 0.796. The molecule has 2 rings (SSSR count). The van der Waals surface area contributed by atoms with Crippen LogP contribution in [0.25, 0.3) is 0 Å². The lowest BCUT2D eigenvalue weighted by Gasteiger charge is -2.07. The van der Waals surface area contributed by atoms with Gasteiger partial charge in [0.2, 0.25) is 0 Å². The third-order valence-electron chi connectivity index (χ3n) is 3.48. The molecule has 0 saturated heterocycles. The summed E-state index contributed by atoms with van der Waals surface area (Å²) in [5.74, 6) is 0.796. The SMILES string of the molecule is ClCCCCCNCc1ccc2c(c1)CCC2. The van der Waals surface area contributed by atoms with Crippen LogP contribution < -0.4 is 5.32 Å². The predicted molar refractivity (Wildman–Crippen MR) is 74.7 cm³/mol. The molecule has 1 aromatic carbocycles. The number of rotatable bonds is 7. The van der Waals surface area contributed by atoms with Crippen molar-refractivity contribution in [1.82, 2.24) is 5.32 Å². The van der Waals surface area contributed by atoms with Crippen LogP contribution in [0.3, 0.4) is 0 Å². The molecule has 0 unspecified atom stereocenters. The van der Waals surface area contributed by atoms with Crippen molar-refractivity contribution in [2.24, 2.45) is 0 Å². The van der Waals surface area contributed by atoms with E-state index in [4.69, 9.17) is 11.6 Å². The van der Waals surface area contributed by atoms with Gasteiger partial charge in [-0.25, -0.2) is 0 Å². The van der Waals surface area contributed by atoms with Gasteiger partial charge < -0.3 is 5.32 Å². The molecule has 2 heteroatoms. The monoisotopic (exact) mass is 251 g/mol. The maximum Gasteiger partial charge on any atom is 0.0223 e. The molecule has 17 heavy (non-hydrogen) atoms. The van der Waals surface area contributed by atoms with Gasteiger partial charge in [-0.15, -0.1) is 11.6 Å². The summed E-state index contributed by atoms with van der Waals surface area (Å²) >= 11 is 5.64. The first-order valence-electron chi connectivity index (χ1n) is 6.77. The molecule has 0 saturated carbocycles. The van der Waals surface area contributed by atoms with Gasteiger partial charge in [0.25, 0.3) is 0 Å². The standard InChI is InChI=1S/C15H22ClN/c16-9-2-1-3-10-17-12-13-7-8-14-5-4-6-15(14)11-13/h7-8,11,17H,1-6,9-10,12H2. The van der Waals surface area contributed by atoms with E-state index in [1.54, 1.807) is 11.1 Å². The third-order valence-corrected chi connectivity index (χ3v) is 3.75. The van der Waals surface area contributed by atoms with Crippen LogP contribution in [0.5, 0.6) is 0 Å². The van der Waals surface area contributed by atoms with Crippen molar-refractivity contribution < 1.29 is 0 Å². The van der Waals surface area contributed by atoms with Gasteiger partial charge in [-0.1, -0.05) is 24.6 Å². The van der Waals surface area contributed by atoms with Crippen molar-refractivity contribution in [3.8, 4) is 0 Å². The van der Waals surface area contributed by atoms with Gasteiger partial charge >= 0.3 is 0 Å². The molecule has 1 nitrogen and oxygen atoms in total. The lowest BCUT2D eigenvalue weighted by atomic mass is 10.1. The molecule has 1 aromatic rings. The van der Waals surface area contributed by atoms with Crippen molar-refractivity contribution in [3.63, 3.8) is 0 Å². The maximum absolute atomic E-state index is 5.64. The van der Waals surface area contributed by atoms with Crippen LogP contribution in [0.1, 0.15) is 42.4 Å². The van der Waals surface area contributed by atoms with Crippen molar-refractivity contribution >= 4 is 11.6 Å². The highest BCUT2D eigenvalue weighted by Gasteiger charge is 2.10. The van der Waals surface area contributed by atoms with E-state index in [9.17, 15) is 0 Å². The first-order valence-corrected chi connectivity index (χ1v) is 7.31. The van der Waals surface area contributed by atoms with E-state index in [1.807, 2.05) is 0 Å². The smallest absolute Gasteiger partial charge is 0.0223 e. The largest absolute Gasteiger partial charge is 0.313 e. The fourth-order valence-corrected chi connectivity index (χ4v) is 2.68. The highest BCUT2D eigenvalue weighted by molar-refractivity contribution is 6.17. The Morgan fingerprint density at radius 2 is 1.94 bits per heavy atom. The summed E-state index contributed by atoms with van der Waals surface area (Å²) in [5.41, 5.74) is 4.57. The number of aryl methyl sites for hydroxylation is 2. The molecule has 0 bridgehead atoms. The second kappa shape index (κ2) is 7.03. The topological polar surface area (TPSA) is 12.0 Å². The fraction of sp³-hybridized carbons (Fsp3) is 0.600. The molecule has 0 spiro atoms. The van der Waals surface area contributed by atoms with Gasteiger partial charge in [0, 0.05) is 12.4 Å². The molecule has 0 aliphatic heterocycles. The number of alkyl halides is 1. The number of halogens is 1. The molecular formula is C15H22ClN. The van der Waals surface area contributed by atoms with Crippen LogP contribution in [0.2, 0.25) is 0 Å². The van der Waals surface area contributed by atoms with Crippen molar-refractivity contribution in [3.05, 3.63) is 34.9 Å². The quantitative estimate of drug-likeness (QED) is 0.576. The fourth-order valence-electron chi connectivity index (χ4n) is 2.49. The van der Waals surface area contributed by atoms with E-state index >= 15 is 0 Å². The Morgan fingerprint density at radius 1 is 1.06 bits per heavy atom. The Hall–Kier alpha value is -0.530. The lowest BCUT2D eigenvalue weighted by molar-refractivity contribution is 0.618. The Balaban J connectivity index is 1.69. The van der Waals surface area contributed by atoms with E-state index in [2.05, 4.69) is 23.5 Å². The summed E-state index contributed by atoms with van der Waals surface area (Å²) in [6.45, 7) is 2.11. The summed E-state index contributed by atoms with van der Waals surface area (Å²) in [5, 5.41) is 3.51. The molecule has 1 aliphatic carbocycles. The summed E-state index contributed by atoms with van der Waals surface area (Å²) in [6.07, 6.45) is 7.51. The van der Waals surface area contributed by atoms with Crippen molar-refractivity contribution in [1.29, 1.82) is 0 Å². The van der Waals surface area contributed by atoms with Gasteiger partial charge in [-0.05, 0) is 55.3 Å². The van der Waals surface area contributed by atoms with Crippen LogP contribution in [0.4, 0.5) is 0 Å². The van der Waals surface area contributed by atoms with Crippen molar-refractivity contribution in [2.75, 3.05) is 12.4 Å². The minimum absolute atomic E-state index is 0.796. The van der Waals surface area contributed by atoms with E-state index in [0.29, 0.717) is 0 Å². The molecule has 94 valence electrons.